The number of benzene rings is 1. The maximum Gasteiger partial charge on any atom is 0.328 e. The van der Waals surface area contributed by atoms with Gasteiger partial charge in [0.05, 0.1) is 11.4 Å². The Morgan fingerprint density at radius 2 is 2.00 bits per heavy atom. The number of carbonyl (C=O) groups excluding carboxylic acids is 1. The van der Waals surface area contributed by atoms with Gasteiger partial charge in [-0.05, 0) is 67.3 Å². The Kier molecular flexibility index (Phi) is 7.24. The summed E-state index contributed by atoms with van der Waals surface area (Å²) in [4.78, 5) is 25.8. The number of carbonyl (C=O) groups is 2. The molecule has 0 bridgehead atoms. The van der Waals surface area contributed by atoms with Crippen LogP contribution in [0.4, 0.5) is 5.69 Å². The number of phenolic OH excluding ortho intramolecular Hbond substituents is 1. The van der Waals surface area contributed by atoms with Gasteiger partial charge in [0.2, 0.25) is 0 Å². The molecule has 0 heterocycles. The van der Waals surface area contributed by atoms with Gasteiger partial charge in [-0.15, -0.1) is 0 Å². The average Bonchev–Trinajstić information content (AvgIpc) is 2.70. The van der Waals surface area contributed by atoms with Gasteiger partial charge in [-0.3, -0.25) is 4.79 Å². The van der Waals surface area contributed by atoms with E-state index in [-0.39, 0.29) is 17.0 Å². The number of aromatic hydroxyl groups is 1. The molecule has 4 N–H and O–H groups in total. The maximum absolute atomic E-state index is 12.4. The van der Waals surface area contributed by atoms with Crippen LogP contribution < -0.4 is 5.43 Å². The normalized spacial score (nSPS) is 21.7. The molecular formula is C22H25N5O5. The molecule has 1 aromatic carbocycles. The molecule has 1 aliphatic rings. The van der Waals surface area contributed by atoms with E-state index in [0.29, 0.717) is 23.3 Å². The Labute approximate surface area is 184 Å². The van der Waals surface area contributed by atoms with Gasteiger partial charge >= 0.3 is 5.97 Å². The standard InChI is InChI=1S/C22H25N5O5/c1-13(9-19(29)30)7-8-22(32)14(2)10-16(12-21(22,3)4)24-26-20(31)15-5-6-18(28)17(11-15)25-27-23/h5-11,28,32H,12H2,1-4H3,(H,26,31)(H,29,30)/b8-7+,13-9-,24-16-/t22-/m1/s1. The summed E-state index contributed by atoms with van der Waals surface area (Å²) >= 11 is 0. The Balaban J connectivity index is 2.27. The lowest BCUT2D eigenvalue weighted by Gasteiger charge is -2.44. The number of phenols is 1. The van der Waals surface area contributed by atoms with Crippen LogP contribution in [-0.4, -0.2) is 38.5 Å². The van der Waals surface area contributed by atoms with Gasteiger partial charge in [0.25, 0.3) is 5.91 Å². The van der Waals surface area contributed by atoms with Crippen LogP contribution in [0.25, 0.3) is 10.4 Å². The molecule has 0 saturated heterocycles. The summed E-state index contributed by atoms with van der Waals surface area (Å²) in [5, 5.41) is 37.3. The lowest BCUT2D eigenvalue weighted by Crippen LogP contribution is -2.48. The van der Waals surface area contributed by atoms with Gasteiger partial charge in [-0.1, -0.05) is 25.0 Å². The summed E-state index contributed by atoms with van der Waals surface area (Å²) in [6, 6.07) is 3.85. The minimum absolute atomic E-state index is 0.0774. The summed E-state index contributed by atoms with van der Waals surface area (Å²) in [6.45, 7) is 7.04. The SMILES string of the molecule is CC1=C/C(=N/NC(=O)c2ccc(O)c(N=[N+]=[N-])c2)CC(C)(C)[C@@]1(O)/C=C/C(C)=C\C(=O)O. The first-order chi connectivity index (χ1) is 14.9. The van der Waals surface area contributed by atoms with E-state index < -0.39 is 22.9 Å². The molecule has 1 aromatic rings. The second-order valence-electron chi connectivity index (χ2n) is 8.15. The van der Waals surface area contributed by atoms with Crippen LogP contribution in [0.2, 0.25) is 0 Å². The van der Waals surface area contributed by atoms with Crippen molar-refractivity contribution >= 4 is 23.3 Å². The van der Waals surface area contributed by atoms with Crippen molar-refractivity contribution in [1.82, 2.24) is 5.43 Å². The number of hydrazone groups is 1. The van der Waals surface area contributed by atoms with E-state index in [1.54, 1.807) is 32.1 Å². The van der Waals surface area contributed by atoms with Gasteiger partial charge < -0.3 is 15.3 Å². The summed E-state index contributed by atoms with van der Waals surface area (Å²) < 4.78 is 0. The van der Waals surface area contributed by atoms with E-state index >= 15 is 0 Å². The zero-order valence-electron chi connectivity index (χ0n) is 18.2. The third-order valence-electron chi connectivity index (χ3n) is 5.27. The zero-order chi connectivity index (χ0) is 24.1. The Morgan fingerprint density at radius 1 is 1.31 bits per heavy atom. The second kappa shape index (κ2) is 9.51. The topological polar surface area (TPSA) is 168 Å². The van der Waals surface area contributed by atoms with Crippen molar-refractivity contribution in [2.24, 2.45) is 15.6 Å². The van der Waals surface area contributed by atoms with Crippen molar-refractivity contribution in [1.29, 1.82) is 0 Å². The van der Waals surface area contributed by atoms with Crippen LogP contribution in [0.15, 0.2) is 63.9 Å². The minimum Gasteiger partial charge on any atom is -0.507 e. The van der Waals surface area contributed by atoms with Gasteiger partial charge in [0.1, 0.15) is 11.4 Å². The molecule has 0 fully saturated rings. The molecule has 1 aliphatic carbocycles. The lowest BCUT2D eigenvalue weighted by atomic mass is 9.64. The van der Waals surface area contributed by atoms with Crippen LogP contribution in [-0.2, 0) is 4.79 Å². The fourth-order valence-corrected chi connectivity index (χ4v) is 3.44. The number of hydrogen-bond acceptors (Lipinski definition) is 6. The summed E-state index contributed by atoms with van der Waals surface area (Å²) in [5.41, 5.74) is 10.6. The first kappa shape index (κ1) is 24.4. The predicted molar refractivity (Wildman–Crippen MR) is 119 cm³/mol. The molecule has 0 radical (unpaired) electrons. The predicted octanol–water partition coefficient (Wildman–Crippen LogP) is 4.11. The smallest absolute Gasteiger partial charge is 0.328 e. The van der Waals surface area contributed by atoms with Crippen molar-refractivity contribution in [2.45, 2.75) is 39.7 Å². The van der Waals surface area contributed by atoms with Crippen molar-refractivity contribution in [3.05, 3.63) is 69.7 Å². The summed E-state index contributed by atoms with van der Waals surface area (Å²) in [5.74, 6) is -1.88. The van der Waals surface area contributed by atoms with Crippen molar-refractivity contribution < 1.29 is 24.9 Å². The Morgan fingerprint density at radius 3 is 2.59 bits per heavy atom. The number of rotatable bonds is 6. The number of nitrogens with one attached hydrogen (secondary N) is 1. The molecule has 10 nitrogen and oxygen atoms in total. The Hall–Kier alpha value is -3.88. The number of carboxylic acid groups (broad SMARTS) is 1. The molecular weight excluding hydrogens is 414 g/mol. The first-order valence-electron chi connectivity index (χ1n) is 9.66. The van der Waals surface area contributed by atoms with Gasteiger partial charge in [-0.25, -0.2) is 10.2 Å². The third kappa shape index (κ3) is 5.42. The lowest BCUT2D eigenvalue weighted by molar-refractivity contribution is -0.131. The molecule has 0 unspecified atom stereocenters. The van der Waals surface area contributed by atoms with Crippen molar-refractivity contribution in [3.8, 4) is 5.75 Å². The Bertz CT molecular complexity index is 1110. The minimum atomic E-state index is -1.34. The maximum atomic E-state index is 12.4. The van der Waals surface area contributed by atoms with E-state index in [0.717, 1.165) is 6.08 Å². The summed E-state index contributed by atoms with van der Waals surface area (Å²) in [6.07, 6.45) is 6.16. The largest absolute Gasteiger partial charge is 0.507 e. The fourth-order valence-electron chi connectivity index (χ4n) is 3.44. The highest BCUT2D eigenvalue weighted by Gasteiger charge is 2.46. The highest BCUT2D eigenvalue weighted by Crippen LogP contribution is 2.44. The molecule has 0 spiro atoms. The van der Waals surface area contributed by atoms with Crippen molar-refractivity contribution in [2.75, 3.05) is 0 Å². The number of aliphatic hydroxyl groups is 1. The van der Waals surface area contributed by atoms with Gasteiger partial charge in [0, 0.05) is 22.0 Å². The van der Waals surface area contributed by atoms with E-state index in [2.05, 4.69) is 20.6 Å². The van der Waals surface area contributed by atoms with E-state index in [4.69, 9.17) is 10.6 Å². The zero-order valence-corrected chi connectivity index (χ0v) is 18.2. The van der Waals surface area contributed by atoms with E-state index in [1.807, 2.05) is 13.8 Å². The highest BCUT2D eigenvalue weighted by molar-refractivity contribution is 6.00. The molecule has 0 aliphatic heterocycles. The molecule has 168 valence electrons. The molecule has 1 atom stereocenters. The number of carboxylic acids is 1. The first-order valence-corrected chi connectivity index (χ1v) is 9.66. The van der Waals surface area contributed by atoms with Crippen LogP contribution in [0.1, 0.15) is 44.5 Å². The number of hydrogen-bond donors (Lipinski definition) is 4. The summed E-state index contributed by atoms with van der Waals surface area (Å²) in [7, 11) is 0. The quantitative estimate of drug-likeness (QED) is 0.130. The highest BCUT2D eigenvalue weighted by atomic mass is 16.4. The molecule has 0 aromatic heterocycles. The number of amides is 1. The number of azide groups is 1. The molecule has 0 saturated carbocycles. The van der Waals surface area contributed by atoms with Crippen LogP contribution in [0.3, 0.4) is 0 Å². The van der Waals surface area contributed by atoms with Crippen LogP contribution >= 0.6 is 0 Å². The van der Waals surface area contributed by atoms with E-state index in [1.165, 1.54) is 18.2 Å². The third-order valence-corrected chi connectivity index (χ3v) is 5.27. The second-order valence-corrected chi connectivity index (χ2v) is 8.15. The van der Waals surface area contributed by atoms with E-state index in [9.17, 15) is 19.8 Å². The molecule has 1 amide bonds. The molecule has 10 heteroatoms. The van der Waals surface area contributed by atoms with Crippen molar-refractivity contribution in [3.63, 3.8) is 0 Å². The number of nitrogens with zero attached hydrogens (tertiary/aromatic N) is 4. The molecule has 2 rings (SSSR count). The van der Waals surface area contributed by atoms with Gasteiger partial charge in [-0.2, -0.15) is 5.10 Å². The van der Waals surface area contributed by atoms with Crippen LogP contribution in [0.5, 0.6) is 5.75 Å². The monoisotopic (exact) mass is 439 g/mol. The molecule has 32 heavy (non-hydrogen) atoms. The fraction of sp³-hybridized carbons (Fsp3) is 0.318. The van der Waals surface area contributed by atoms with Crippen LogP contribution in [0, 0.1) is 5.41 Å². The average molecular weight is 439 g/mol. The number of aliphatic carboxylic acids is 1. The van der Waals surface area contributed by atoms with Gasteiger partial charge in [0.15, 0.2) is 0 Å². The number of allylic oxidation sites excluding steroid dienone is 3.